The van der Waals surface area contributed by atoms with Gasteiger partial charge >= 0.3 is 0 Å². The first-order valence-electron chi connectivity index (χ1n) is 8.08. The van der Waals surface area contributed by atoms with Crippen molar-refractivity contribution in [2.24, 2.45) is 11.8 Å². The Bertz CT molecular complexity index is 501. The molecule has 0 bridgehead atoms. The Morgan fingerprint density at radius 1 is 1.38 bits per heavy atom. The first-order chi connectivity index (χ1) is 10.0. The van der Waals surface area contributed by atoms with Gasteiger partial charge in [-0.05, 0) is 36.8 Å². The summed E-state index contributed by atoms with van der Waals surface area (Å²) in [6.07, 6.45) is 5.36. The molecule has 3 atom stereocenters. The number of aromatic nitrogens is 1. The monoisotopic (exact) mass is 289 g/mol. The van der Waals surface area contributed by atoms with E-state index >= 15 is 0 Å². The third kappa shape index (κ3) is 3.96. The number of carbonyl (C=O) groups excluding carboxylic acids is 1. The summed E-state index contributed by atoms with van der Waals surface area (Å²) in [5.41, 5.74) is 7.35. The smallest absolute Gasteiger partial charge is 0.251 e. The van der Waals surface area contributed by atoms with Crippen LogP contribution in [0.15, 0.2) is 12.1 Å². The van der Waals surface area contributed by atoms with Crippen LogP contribution in [-0.4, -0.2) is 16.9 Å². The Hall–Kier alpha value is -1.58. The normalized spacial score (nSPS) is 25.6. The first-order valence-corrected chi connectivity index (χ1v) is 8.08. The van der Waals surface area contributed by atoms with Gasteiger partial charge in [-0.2, -0.15) is 0 Å². The lowest BCUT2D eigenvalue weighted by molar-refractivity contribution is 0.0891. The number of hydrogen-bond donors (Lipinski definition) is 2. The maximum atomic E-state index is 12.5. The molecule has 2 rings (SSSR count). The number of anilines is 1. The van der Waals surface area contributed by atoms with Crippen LogP contribution in [0.5, 0.6) is 0 Å². The summed E-state index contributed by atoms with van der Waals surface area (Å²) in [5.74, 6) is 1.60. The van der Waals surface area contributed by atoms with Crippen LogP contribution in [0.1, 0.15) is 62.5 Å². The van der Waals surface area contributed by atoms with Gasteiger partial charge in [-0.25, -0.2) is 4.98 Å². The maximum Gasteiger partial charge on any atom is 0.251 e. The summed E-state index contributed by atoms with van der Waals surface area (Å²) in [6.45, 7) is 6.60. The van der Waals surface area contributed by atoms with Gasteiger partial charge in [0.1, 0.15) is 5.82 Å². The number of aryl methyl sites for hydroxylation is 1. The molecule has 1 aromatic heterocycles. The Balaban J connectivity index is 2.09. The average Bonchev–Trinajstić information content (AvgIpc) is 2.43. The Labute approximate surface area is 127 Å². The highest BCUT2D eigenvalue weighted by atomic mass is 16.1. The number of amides is 1. The van der Waals surface area contributed by atoms with E-state index in [0.717, 1.165) is 25.0 Å². The Morgan fingerprint density at radius 3 is 2.86 bits per heavy atom. The van der Waals surface area contributed by atoms with E-state index in [0.29, 0.717) is 23.2 Å². The lowest BCUT2D eigenvalue weighted by Gasteiger charge is -2.34. The number of nitrogens with one attached hydrogen (secondary N) is 1. The number of nitrogen functional groups attached to an aromatic ring is 1. The van der Waals surface area contributed by atoms with Crippen LogP contribution in [0.25, 0.3) is 0 Å². The fourth-order valence-corrected chi connectivity index (χ4v) is 3.16. The predicted octanol–water partition coefficient (Wildman–Crippen LogP) is 3.17. The van der Waals surface area contributed by atoms with E-state index < -0.39 is 0 Å². The van der Waals surface area contributed by atoms with Crippen LogP contribution in [0, 0.1) is 11.8 Å². The molecule has 116 valence electrons. The molecule has 0 radical (unpaired) electrons. The minimum atomic E-state index is -0.0209. The molecule has 21 heavy (non-hydrogen) atoms. The second-order valence-corrected chi connectivity index (χ2v) is 6.37. The minimum absolute atomic E-state index is 0.0209. The molecule has 4 nitrogen and oxygen atoms in total. The van der Waals surface area contributed by atoms with Crippen LogP contribution in [0.2, 0.25) is 0 Å². The molecular formula is C17H27N3O. The van der Waals surface area contributed by atoms with Crippen LogP contribution in [-0.2, 0) is 6.42 Å². The van der Waals surface area contributed by atoms with Gasteiger partial charge in [-0.3, -0.25) is 4.79 Å². The molecule has 1 amide bonds. The number of carbonyl (C=O) groups is 1. The SMILES string of the molecule is CCCc1cc(C(=O)NC2CCCC(C)C2C)cc(N)n1. The Morgan fingerprint density at radius 2 is 2.14 bits per heavy atom. The van der Waals surface area contributed by atoms with Crippen molar-refractivity contribution in [3.8, 4) is 0 Å². The third-order valence-corrected chi connectivity index (χ3v) is 4.69. The zero-order chi connectivity index (χ0) is 15.4. The first kappa shape index (κ1) is 15.8. The number of nitrogens with two attached hydrogens (primary N) is 1. The maximum absolute atomic E-state index is 12.5. The molecule has 3 unspecified atom stereocenters. The molecule has 0 spiro atoms. The van der Waals surface area contributed by atoms with Gasteiger partial charge in [-0.15, -0.1) is 0 Å². The quantitative estimate of drug-likeness (QED) is 0.894. The van der Waals surface area contributed by atoms with Gasteiger partial charge in [0.2, 0.25) is 0 Å². The molecule has 1 aromatic rings. The molecule has 0 saturated heterocycles. The van der Waals surface area contributed by atoms with Crippen LogP contribution in [0.4, 0.5) is 5.82 Å². The van der Waals surface area contributed by atoms with Gasteiger partial charge in [0, 0.05) is 17.3 Å². The molecule has 4 heteroatoms. The van der Waals surface area contributed by atoms with Crippen LogP contribution >= 0.6 is 0 Å². The number of pyridine rings is 1. The van der Waals surface area contributed by atoms with Gasteiger partial charge in [0.25, 0.3) is 5.91 Å². The highest BCUT2D eigenvalue weighted by molar-refractivity contribution is 5.95. The van der Waals surface area contributed by atoms with Crippen LogP contribution < -0.4 is 11.1 Å². The largest absolute Gasteiger partial charge is 0.384 e. The van der Waals surface area contributed by atoms with Gasteiger partial charge in [-0.1, -0.05) is 40.0 Å². The van der Waals surface area contributed by atoms with E-state index in [1.54, 1.807) is 6.07 Å². The second-order valence-electron chi connectivity index (χ2n) is 6.37. The average molecular weight is 289 g/mol. The van der Waals surface area contributed by atoms with Crippen molar-refractivity contribution in [2.75, 3.05) is 5.73 Å². The zero-order valence-corrected chi connectivity index (χ0v) is 13.4. The molecule has 0 aliphatic heterocycles. The fraction of sp³-hybridized carbons (Fsp3) is 0.647. The van der Waals surface area contributed by atoms with Crippen molar-refractivity contribution in [1.29, 1.82) is 0 Å². The summed E-state index contributed by atoms with van der Waals surface area (Å²) >= 11 is 0. The standard InChI is InChI=1S/C17H27N3O/c1-4-6-14-9-13(10-16(18)19-14)17(21)20-15-8-5-7-11(2)12(15)3/h9-12,15H,4-8H2,1-3H3,(H2,18,19)(H,20,21). The number of rotatable bonds is 4. The molecule has 1 fully saturated rings. The second kappa shape index (κ2) is 6.92. The number of nitrogens with zero attached hydrogens (tertiary/aromatic N) is 1. The van der Waals surface area contributed by atoms with Crippen molar-refractivity contribution >= 4 is 11.7 Å². The van der Waals surface area contributed by atoms with Crippen molar-refractivity contribution in [3.63, 3.8) is 0 Å². The summed E-state index contributed by atoms with van der Waals surface area (Å²) < 4.78 is 0. The van der Waals surface area contributed by atoms with Gasteiger partial charge in [0.05, 0.1) is 0 Å². The van der Waals surface area contributed by atoms with E-state index in [9.17, 15) is 4.79 Å². The van der Waals surface area contributed by atoms with E-state index in [1.807, 2.05) is 6.07 Å². The third-order valence-electron chi connectivity index (χ3n) is 4.69. The predicted molar refractivity (Wildman–Crippen MR) is 86.1 cm³/mol. The highest BCUT2D eigenvalue weighted by Gasteiger charge is 2.28. The molecule has 1 heterocycles. The van der Waals surface area contributed by atoms with Crippen molar-refractivity contribution in [1.82, 2.24) is 10.3 Å². The zero-order valence-electron chi connectivity index (χ0n) is 13.4. The minimum Gasteiger partial charge on any atom is -0.384 e. The lowest BCUT2D eigenvalue weighted by Crippen LogP contribution is -2.43. The van der Waals surface area contributed by atoms with E-state index in [-0.39, 0.29) is 11.9 Å². The van der Waals surface area contributed by atoms with Crippen molar-refractivity contribution in [2.45, 2.75) is 58.9 Å². The van der Waals surface area contributed by atoms with Crippen molar-refractivity contribution in [3.05, 3.63) is 23.4 Å². The molecule has 1 saturated carbocycles. The molecule has 0 aromatic carbocycles. The summed E-state index contributed by atoms with van der Waals surface area (Å²) in [7, 11) is 0. The molecule has 1 aliphatic rings. The molecule has 1 aliphatic carbocycles. The van der Waals surface area contributed by atoms with Gasteiger partial charge < -0.3 is 11.1 Å². The summed E-state index contributed by atoms with van der Waals surface area (Å²) in [5, 5.41) is 3.19. The Kier molecular flexibility index (Phi) is 5.21. The number of hydrogen-bond acceptors (Lipinski definition) is 3. The highest BCUT2D eigenvalue weighted by Crippen LogP contribution is 2.29. The topological polar surface area (TPSA) is 68.0 Å². The van der Waals surface area contributed by atoms with Crippen LogP contribution in [0.3, 0.4) is 0 Å². The fourth-order valence-electron chi connectivity index (χ4n) is 3.16. The van der Waals surface area contributed by atoms with Crippen molar-refractivity contribution < 1.29 is 4.79 Å². The van der Waals surface area contributed by atoms with E-state index in [1.165, 1.54) is 12.8 Å². The van der Waals surface area contributed by atoms with E-state index in [4.69, 9.17) is 5.73 Å². The van der Waals surface area contributed by atoms with E-state index in [2.05, 4.69) is 31.1 Å². The summed E-state index contributed by atoms with van der Waals surface area (Å²) in [6, 6.07) is 3.81. The lowest BCUT2D eigenvalue weighted by atomic mass is 9.78. The molecular weight excluding hydrogens is 262 g/mol. The van der Waals surface area contributed by atoms with Gasteiger partial charge in [0.15, 0.2) is 0 Å². The summed E-state index contributed by atoms with van der Waals surface area (Å²) in [4.78, 5) is 16.8. The molecule has 3 N–H and O–H groups in total.